The second kappa shape index (κ2) is 35.0. The third kappa shape index (κ3) is 26.4. The van der Waals surface area contributed by atoms with Crippen molar-refractivity contribution in [1.29, 1.82) is 0 Å². The molecule has 0 heterocycles. The van der Waals surface area contributed by atoms with E-state index in [4.69, 9.17) is 33.2 Å². The molecule has 1 rings (SSSR count). The third-order valence-electron chi connectivity index (χ3n) is 8.17. The first-order valence-electron chi connectivity index (χ1n) is 19.6. The van der Waals surface area contributed by atoms with Crippen molar-refractivity contribution in [2.75, 3.05) is 85.9 Å². The molecule has 15 heteroatoms. The van der Waals surface area contributed by atoms with Gasteiger partial charge in [-0.3, -0.25) is 9.59 Å². The van der Waals surface area contributed by atoms with E-state index >= 15 is 0 Å². The molecule has 0 spiro atoms. The molecule has 1 aromatic carbocycles. The number of esters is 2. The van der Waals surface area contributed by atoms with Crippen LogP contribution in [0.5, 0.6) is 5.75 Å². The maximum Gasteiger partial charge on any atom is 0.313 e. The zero-order valence-electron chi connectivity index (χ0n) is 32.2. The van der Waals surface area contributed by atoms with Gasteiger partial charge in [0.1, 0.15) is 6.61 Å². The molecule has 0 aliphatic heterocycles. The van der Waals surface area contributed by atoms with E-state index in [0.29, 0.717) is 59.3 Å². The smallest absolute Gasteiger partial charge is 0.313 e. The number of unbranched alkanes of at least 4 members (excludes halogenated alkanes) is 14. The van der Waals surface area contributed by atoms with Gasteiger partial charge in [0.2, 0.25) is 34.8 Å². The van der Waals surface area contributed by atoms with Crippen LogP contribution < -0.4 is 4.74 Å². The summed E-state index contributed by atoms with van der Waals surface area (Å²) in [6.45, 7) is 5.73. The standard InChI is InChI=1S/C39H63F5O10/c1-2-3-4-5-6-7-8-9-10-11-12-13-14-15-16-17-32(45)53-31-30-52-29-28-51-27-26-50-25-24-49-23-22-48-21-20-47-19-18-33(46)54-39-37(43)35(41)34(40)36(42)38(39)44/h2-31H2,1H3. The van der Waals surface area contributed by atoms with Crippen molar-refractivity contribution in [3.05, 3.63) is 29.1 Å². The van der Waals surface area contributed by atoms with E-state index in [0.717, 1.165) is 12.8 Å². The average Bonchev–Trinajstić information content (AvgIpc) is 3.17. The van der Waals surface area contributed by atoms with E-state index in [1.54, 1.807) is 0 Å². The fraction of sp³-hybridized carbons (Fsp3) is 0.795. The van der Waals surface area contributed by atoms with Crippen molar-refractivity contribution in [2.24, 2.45) is 0 Å². The molecule has 0 aliphatic rings. The lowest BCUT2D eigenvalue weighted by atomic mass is 10.0. The van der Waals surface area contributed by atoms with Gasteiger partial charge in [-0.15, -0.1) is 0 Å². The van der Waals surface area contributed by atoms with Gasteiger partial charge in [-0.25, -0.2) is 13.2 Å². The molecule has 54 heavy (non-hydrogen) atoms. The van der Waals surface area contributed by atoms with Crippen molar-refractivity contribution < 1.29 is 69.4 Å². The van der Waals surface area contributed by atoms with E-state index in [9.17, 15) is 31.5 Å². The molecule has 0 aliphatic carbocycles. The number of rotatable bonds is 38. The van der Waals surface area contributed by atoms with Crippen LogP contribution in [-0.2, 0) is 42.7 Å². The van der Waals surface area contributed by atoms with Crippen LogP contribution in [0.1, 0.15) is 116 Å². The van der Waals surface area contributed by atoms with Crippen molar-refractivity contribution in [3.8, 4) is 5.75 Å². The minimum atomic E-state index is -2.35. The molecule has 0 atom stereocenters. The molecular formula is C39H63F5O10. The Balaban J connectivity index is 1.76. The second-order valence-electron chi connectivity index (χ2n) is 12.7. The molecule has 0 aromatic heterocycles. The van der Waals surface area contributed by atoms with E-state index in [1.165, 1.54) is 83.5 Å². The number of carbonyl (C=O) groups excluding carboxylic acids is 2. The molecule has 314 valence electrons. The summed E-state index contributed by atoms with van der Waals surface area (Å²) in [5.41, 5.74) is 0. The molecule has 0 fully saturated rings. The third-order valence-corrected chi connectivity index (χ3v) is 8.17. The molecule has 0 amide bonds. The largest absolute Gasteiger partial charge is 0.463 e. The summed E-state index contributed by atoms with van der Waals surface area (Å²) in [6, 6.07) is 0. The lowest BCUT2D eigenvalue weighted by Crippen LogP contribution is -2.16. The Morgan fingerprint density at radius 3 is 1.07 bits per heavy atom. The summed E-state index contributed by atoms with van der Waals surface area (Å²) in [5, 5.41) is 0. The summed E-state index contributed by atoms with van der Waals surface area (Å²) < 4.78 is 108. The van der Waals surface area contributed by atoms with Gasteiger partial charge in [-0.05, 0) is 6.42 Å². The average molecular weight is 787 g/mol. The molecular weight excluding hydrogens is 723 g/mol. The highest BCUT2D eigenvalue weighted by atomic mass is 19.2. The number of hydrogen-bond acceptors (Lipinski definition) is 10. The number of halogens is 5. The summed E-state index contributed by atoms with van der Waals surface area (Å²) in [7, 11) is 0. The lowest BCUT2D eigenvalue weighted by molar-refractivity contribution is -0.145. The zero-order chi connectivity index (χ0) is 39.5. The van der Waals surface area contributed by atoms with Gasteiger partial charge < -0.3 is 37.9 Å². The van der Waals surface area contributed by atoms with Crippen LogP contribution in [0.15, 0.2) is 0 Å². The monoisotopic (exact) mass is 786 g/mol. The van der Waals surface area contributed by atoms with Crippen molar-refractivity contribution >= 4 is 11.9 Å². The second-order valence-corrected chi connectivity index (χ2v) is 12.7. The van der Waals surface area contributed by atoms with Crippen LogP contribution in [0.25, 0.3) is 0 Å². The quantitative estimate of drug-likeness (QED) is 0.0162. The summed E-state index contributed by atoms with van der Waals surface area (Å²) >= 11 is 0. The van der Waals surface area contributed by atoms with Crippen LogP contribution in [-0.4, -0.2) is 97.8 Å². The molecule has 0 unspecified atom stereocenters. The van der Waals surface area contributed by atoms with Crippen LogP contribution in [0.4, 0.5) is 22.0 Å². The minimum absolute atomic E-state index is 0.0804. The fourth-order valence-corrected chi connectivity index (χ4v) is 5.12. The van der Waals surface area contributed by atoms with Crippen molar-refractivity contribution in [3.63, 3.8) is 0 Å². The Morgan fingerprint density at radius 2 is 0.685 bits per heavy atom. The van der Waals surface area contributed by atoms with Gasteiger partial charge in [0, 0.05) is 6.42 Å². The summed E-state index contributed by atoms with van der Waals surface area (Å²) in [6.07, 6.45) is 19.3. The molecule has 10 nitrogen and oxygen atoms in total. The highest BCUT2D eigenvalue weighted by Gasteiger charge is 2.28. The first kappa shape index (κ1) is 49.6. The number of hydrogen-bond donors (Lipinski definition) is 0. The maximum atomic E-state index is 13.6. The molecule has 0 N–H and O–H groups in total. The lowest BCUT2D eigenvalue weighted by Gasteiger charge is -2.09. The molecule has 0 saturated heterocycles. The first-order chi connectivity index (χ1) is 26.3. The fourth-order valence-electron chi connectivity index (χ4n) is 5.12. The first-order valence-corrected chi connectivity index (χ1v) is 19.6. The normalized spacial score (nSPS) is 11.4. The van der Waals surface area contributed by atoms with E-state index in [2.05, 4.69) is 11.7 Å². The van der Waals surface area contributed by atoms with E-state index in [1.807, 2.05) is 0 Å². The van der Waals surface area contributed by atoms with Crippen LogP contribution >= 0.6 is 0 Å². The summed E-state index contributed by atoms with van der Waals surface area (Å²) in [4.78, 5) is 23.5. The number of carbonyl (C=O) groups is 2. The highest BCUT2D eigenvalue weighted by molar-refractivity contribution is 5.72. The Labute approximate surface area is 318 Å². The number of ether oxygens (including phenoxy) is 8. The van der Waals surface area contributed by atoms with Crippen LogP contribution in [0.3, 0.4) is 0 Å². The molecule has 0 saturated carbocycles. The Bertz CT molecular complexity index is 1070. The van der Waals surface area contributed by atoms with Crippen LogP contribution in [0, 0.1) is 29.1 Å². The van der Waals surface area contributed by atoms with Gasteiger partial charge in [-0.1, -0.05) is 96.8 Å². The SMILES string of the molecule is CCCCCCCCCCCCCCCCCC(=O)OCCOCCOCCOCCOCCOCCOCCC(=O)Oc1c(F)c(F)c(F)c(F)c1F. The highest BCUT2D eigenvalue weighted by Crippen LogP contribution is 2.29. The van der Waals surface area contributed by atoms with Crippen molar-refractivity contribution in [2.45, 2.75) is 116 Å². The molecule has 0 bridgehead atoms. The molecule has 1 aromatic rings. The predicted molar refractivity (Wildman–Crippen MR) is 192 cm³/mol. The van der Waals surface area contributed by atoms with Gasteiger partial charge in [0.05, 0.1) is 85.7 Å². The van der Waals surface area contributed by atoms with Crippen molar-refractivity contribution in [1.82, 2.24) is 0 Å². The van der Waals surface area contributed by atoms with Gasteiger partial charge >= 0.3 is 11.9 Å². The van der Waals surface area contributed by atoms with Gasteiger partial charge in [0.15, 0.2) is 0 Å². The van der Waals surface area contributed by atoms with Crippen LogP contribution in [0.2, 0.25) is 0 Å². The topological polar surface area (TPSA) is 108 Å². The Morgan fingerprint density at radius 1 is 0.370 bits per heavy atom. The Hall–Kier alpha value is -2.43. The van der Waals surface area contributed by atoms with Gasteiger partial charge in [-0.2, -0.15) is 8.78 Å². The maximum absolute atomic E-state index is 13.6. The Kier molecular flexibility index (Phi) is 32.2. The minimum Gasteiger partial charge on any atom is -0.463 e. The predicted octanol–water partition coefficient (Wildman–Crippen LogP) is 8.58. The summed E-state index contributed by atoms with van der Waals surface area (Å²) in [5.74, 6) is -14.3. The number of benzene rings is 1. The van der Waals surface area contributed by atoms with E-state index in [-0.39, 0.29) is 39.0 Å². The zero-order valence-corrected chi connectivity index (χ0v) is 32.2. The van der Waals surface area contributed by atoms with E-state index < -0.39 is 47.2 Å². The molecule has 0 radical (unpaired) electrons. The van der Waals surface area contributed by atoms with Gasteiger partial charge in [0.25, 0.3) is 0 Å².